The topological polar surface area (TPSA) is 57.0 Å². The van der Waals surface area contributed by atoms with Crippen LogP contribution in [-0.2, 0) is 23.0 Å². The third-order valence-electron chi connectivity index (χ3n) is 2.49. The van der Waals surface area contributed by atoms with Gasteiger partial charge < -0.3 is 4.74 Å². The number of esters is 1. The lowest BCUT2D eigenvalue weighted by Gasteiger charge is -1.99. The van der Waals surface area contributed by atoms with Gasteiger partial charge in [0.2, 0.25) is 0 Å². The van der Waals surface area contributed by atoms with Gasteiger partial charge >= 0.3 is 5.97 Å². The van der Waals surface area contributed by atoms with Crippen LogP contribution in [0, 0.1) is 0 Å². The molecule has 0 aliphatic heterocycles. The van der Waals surface area contributed by atoms with Crippen molar-refractivity contribution in [1.29, 1.82) is 0 Å². The summed E-state index contributed by atoms with van der Waals surface area (Å²) in [5.74, 6) is 0.942. The zero-order valence-corrected chi connectivity index (χ0v) is 10.5. The molecule has 5 nitrogen and oxygen atoms in total. The van der Waals surface area contributed by atoms with Crippen molar-refractivity contribution in [2.75, 3.05) is 6.61 Å². The van der Waals surface area contributed by atoms with Gasteiger partial charge in [-0.2, -0.15) is 5.10 Å². The van der Waals surface area contributed by atoms with Crippen molar-refractivity contribution in [3.63, 3.8) is 0 Å². The van der Waals surface area contributed by atoms with Crippen molar-refractivity contribution in [3.8, 4) is 11.4 Å². The first-order valence-electron chi connectivity index (χ1n) is 5.81. The van der Waals surface area contributed by atoms with E-state index in [1.807, 2.05) is 30.3 Å². The van der Waals surface area contributed by atoms with Crippen molar-refractivity contribution < 1.29 is 9.53 Å². The summed E-state index contributed by atoms with van der Waals surface area (Å²) in [5, 5.41) is 4.29. The van der Waals surface area contributed by atoms with Gasteiger partial charge in [0.15, 0.2) is 5.82 Å². The third kappa shape index (κ3) is 2.74. The van der Waals surface area contributed by atoms with Gasteiger partial charge in [-0.15, -0.1) is 0 Å². The molecule has 94 valence electrons. The number of rotatable bonds is 4. The molecule has 1 heterocycles. The van der Waals surface area contributed by atoms with Crippen LogP contribution in [0.15, 0.2) is 30.3 Å². The highest BCUT2D eigenvalue weighted by molar-refractivity contribution is 5.71. The van der Waals surface area contributed by atoms with E-state index in [9.17, 15) is 4.79 Å². The highest BCUT2D eigenvalue weighted by atomic mass is 16.5. The quantitative estimate of drug-likeness (QED) is 0.767. The van der Waals surface area contributed by atoms with Gasteiger partial charge in [-0.05, 0) is 6.92 Å². The monoisotopic (exact) mass is 245 g/mol. The van der Waals surface area contributed by atoms with Crippen LogP contribution in [0.25, 0.3) is 11.4 Å². The van der Waals surface area contributed by atoms with Crippen molar-refractivity contribution in [1.82, 2.24) is 14.8 Å². The molecule has 0 spiro atoms. The number of aromatic nitrogens is 3. The first-order chi connectivity index (χ1) is 8.70. The van der Waals surface area contributed by atoms with Crippen LogP contribution in [0.5, 0.6) is 0 Å². The fraction of sp³-hybridized carbons (Fsp3) is 0.308. The van der Waals surface area contributed by atoms with Gasteiger partial charge in [0.05, 0.1) is 6.61 Å². The van der Waals surface area contributed by atoms with Crippen LogP contribution in [0.2, 0.25) is 0 Å². The van der Waals surface area contributed by atoms with E-state index < -0.39 is 0 Å². The lowest BCUT2D eigenvalue weighted by atomic mass is 10.2. The Morgan fingerprint density at radius 3 is 2.72 bits per heavy atom. The summed E-state index contributed by atoms with van der Waals surface area (Å²) in [7, 11) is 1.77. The summed E-state index contributed by atoms with van der Waals surface area (Å²) in [6.45, 7) is 2.16. The van der Waals surface area contributed by atoms with E-state index in [0.29, 0.717) is 18.3 Å². The second-order valence-corrected chi connectivity index (χ2v) is 3.82. The smallest absolute Gasteiger partial charge is 0.313 e. The second kappa shape index (κ2) is 5.44. The van der Waals surface area contributed by atoms with Crippen molar-refractivity contribution >= 4 is 5.97 Å². The van der Waals surface area contributed by atoms with Crippen LogP contribution in [0.3, 0.4) is 0 Å². The highest BCUT2D eigenvalue weighted by Crippen LogP contribution is 2.14. The number of hydrogen-bond acceptors (Lipinski definition) is 4. The fourth-order valence-electron chi connectivity index (χ4n) is 1.62. The molecule has 0 atom stereocenters. The molecule has 2 rings (SSSR count). The average Bonchev–Trinajstić information content (AvgIpc) is 2.72. The lowest BCUT2D eigenvalue weighted by molar-refractivity contribution is -0.142. The van der Waals surface area contributed by atoms with E-state index in [0.717, 1.165) is 5.56 Å². The molecule has 0 fully saturated rings. The molecule has 5 heteroatoms. The largest absolute Gasteiger partial charge is 0.466 e. The van der Waals surface area contributed by atoms with Gasteiger partial charge in [-0.3, -0.25) is 9.48 Å². The number of carbonyl (C=O) groups excluding carboxylic acids is 1. The van der Waals surface area contributed by atoms with Crippen LogP contribution in [0.4, 0.5) is 0 Å². The summed E-state index contributed by atoms with van der Waals surface area (Å²) in [5.41, 5.74) is 0.934. The van der Waals surface area contributed by atoms with Crippen molar-refractivity contribution in [2.24, 2.45) is 7.05 Å². The maximum atomic E-state index is 11.4. The molecule has 18 heavy (non-hydrogen) atoms. The predicted molar refractivity (Wildman–Crippen MR) is 66.8 cm³/mol. The number of aryl methyl sites for hydroxylation is 1. The molecular weight excluding hydrogens is 230 g/mol. The summed E-state index contributed by atoms with van der Waals surface area (Å²) in [6, 6.07) is 9.66. The first kappa shape index (κ1) is 12.3. The molecular formula is C13H15N3O2. The maximum absolute atomic E-state index is 11.4. The molecule has 0 aliphatic rings. The van der Waals surface area contributed by atoms with Crippen molar-refractivity contribution in [2.45, 2.75) is 13.3 Å². The zero-order valence-electron chi connectivity index (χ0n) is 10.5. The summed E-state index contributed by atoms with van der Waals surface area (Å²) in [6.07, 6.45) is 0.143. The number of nitrogens with zero attached hydrogens (tertiary/aromatic N) is 3. The number of hydrogen-bond donors (Lipinski definition) is 0. The molecule has 2 aromatic rings. The van der Waals surface area contributed by atoms with Gasteiger partial charge in [-0.25, -0.2) is 4.98 Å². The van der Waals surface area contributed by atoms with E-state index in [1.54, 1.807) is 18.7 Å². The molecule has 0 amide bonds. The van der Waals surface area contributed by atoms with Gasteiger partial charge in [-0.1, -0.05) is 30.3 Å². The minimum Gasteiger partial charge on any atom is -0.466 e. The average molecular weight is 245 g/mol. The molecule has 0 saturated heterocycles. The molecule has 1 aromatic carbocycles. The van der Waals surface area contributed by atoms with E-state index in [1.165, 1.54) is 0 Å². The molecule has 0 aliphatic carbocycles. The molecule has 0 bridgehead atoms. The summed E-state index contributed by atoms with van der Waals surface area (Å²) in [4.78, 5) is 15.8. The Kier molecular flexibility index (Phi) is 3.72. The molecule has 0 unspecified atom stereocenters. The standard InChI is InChI=1S/C13H15N3O2/c1-3-18-12(17)9-11-14-13(15-16(11)2)10-7-5-4-6-8-10/h4-8H,3,9H2,1-2H3. The van der Waals surface area contributed by atoms with E-state index in [4.69, 9.17) is 4.74 Å². The number of carbonyl (C=O) groups is 1. The summed E-state index contributed by atoms with van der Waals surface area (Å²) < 4.78 is 6.51. The SMILES string of the molecule is CCOC(=O)Cc1nc(-c2ccccc2)nn1C. The van der Waals surface area contributed by atoms with Crippen LogP contribution in [-0.4, -0.2) is 27.3 Å². The first-order valence-corrected chi connectivity index (χ1v) is 5.81. The second-order valence-electron chi connectivity index (χ2n) is 3.82. The Morgan fingerprint density at radius 2 is 2.06 bits per heavy atom. The van der Waals surface area contributed by atoms with Gasteiger partial charge in [0.1, 0.15) is 12.2 Å². The fourth-order valence-corrected chi connectivity index (χ4v) is 1.62. The number of benzene rings is 1. The summed E-state index contributed by atoms with van der Waals surface area (Å²) >= 11 is 0. The van der Waals surface area contributed by atoms with E-state index >= 15 is 0 Å². The van der Waals surface area contributed by atoms with Gasteiger partial charge in [0, 0.05) is 12.6 Å². The Hall–Kier alpha value is -2.17. The maximum Gasteiger partial charge on any atom is 0.313 e. The Morgan fingerprint density at radius 1 is 1.33 bits per heavy atom. The Labute approximate surface area is 105 Å². The lowest BCUT2D eigenvalue weighted by Crippen LogP contribution is -2.11. The highest BCUT2D eigenvalue weighted by Gasteiger charge is 2.13. The minimum absolute atomic E-state index is 0.143. The Bertz CT molecular complexity index is 534. The predicted octanol–water partition coefficient (Wildman–Crippen LogP) is 1.59. The molecule has 0 radical (unpaired) electrons. The normalized spacial score (nSPS) is 10.3. The van der Waals surface area contributed by atoms with E-state index in [-0.39, 0.29) is 12.4 Å². The number of ether oxygens (including phenoxy) is 1. The molecule has 0 N–H and O–H groups in total. The zero-order chi connectivity index (χ0) is 13.0. The van der Waals surface area contributed by atoms with E-state index in [2.05, 4.69) is 10.1 Å². The molecule has 1 aromatic heterocycles. The minimum atomic E-state index is -0.285. The molecule has 0 saturated carbocycles. The third-order valence-corrected chi connectivity index (χ3v) is 2.49. The van der Waals surface area contributed by atoms with Crippen molar-refractivity contribution in [3.05, 3.63) is 36.2 Å². The Balaban J connectivity index is 2.20. The van der Waals surface area contributed by atoms with Crippen LogP contribution in [0.1, 0.15) is 12.7 Å². The van der Waals surface area contributed by atoms with Crippen LogP contribution < -0.4 is 0 Å². The van der Waals surface area contributed by atoms with Crippen LogP contribution >= 0.6 is 0 Å². The van der Waals surface area contributed by atoms with Gasteiger partial charge in [0.25, 0.3) is 0 Å².